The molecule has 2 rings (SSSR count). The number of benzene rings is 1. The van der Waals surface area contributed by atoms with E-state index in [2.05, 4.69) is 38.1 Å². The summed E-state index contributed by atoms with van der Waals surface area (Å²) < 4.78 is 0. The first-order valence-corrected chi connectivity index (χ1v) is 4.49. The van der Waals surface area contributed by atoms with Gasteiger partial charge in [0.05, 0.1) is 0 Å². The first kappa shape index (κ1) is 13.5. The number of rotatable bonds is 0. The fraction of sp³-hybridized carbons (Fsp3) is 0.308. The van der Waals surface area contributed by atoms with E-state index in [-0.39, 0.29) is 26.0 Å². The molecule has 0 spiro atoms. The van der Waals surface area contributed by atoms with Gasteiger partial charge in [0.2, 0.25) is 0 Å². The largest absolute Gasteiger partial charge is 0.358 e. The third-order valence-electron chi connectivity index (χ3n) is 2.63. The Bertz CT molecular complexity index is 306. The average molecular weight is 224 g/mol. The molecule has 0 fully saturated rings. The molecule has 0 amide bonds. The summed E-state index contributed by atoms with van der Waals surface area (Å²) in [5.74, 6) is 0. The van der Waals surface area contributed by atoms with Crippen molar-refractivity contribution in [3.05, 3.63) is 54.0 Å². The second kappa shape index (κ2) is 5.43. The van der Waals surface area contributed by atoms with E-state index in [1.807, 2.05) is 0 Å². The van der Waals surface area contributed by atoms with E-state index >= 15 is 0 Å². The average Bonchev–Trinajstić information content (AvgIpc) is 2.46. The fourth-order valence-corrected chi connectivity index (χ4v) is 1.78. The van der Waals surface area contributed by atoms with Gasteiger partial charge >= 0.3 is 0 Å². The summed E-state index contributed by atoms with van der Waals surface area (Å²) in [5, 5.41) is 0. The molecule has 1 aliphatic rings. The normalized spacial score (nSPS) is 12.6. The van der Waals surface area contributed by atoms with Crippen LogP contribution in [0.2, 0.25) is 0 Å². The van der Waals surface area contributed by atoms with Gasteiger partial charge in [-0.25, -0.2) is 0 Å². The van der Waals surface area contributed by atoms with E-state index in [1.165, 1.54) is 29.5 Å². The van der Waals surface area contributed by atoms with Gasteiger partial charge in [0.25, 0.3) is 0 Å². The van der Waals surface area contributed by atoms with E-state index in [0.29, 0.717) is 0 Å². The van der Waals surface area contributed by atoms with Crippen molar-refractivity contribution in [2.24, 2.45) is 0 Å². The summed E-state index contributed by atoms with van der Waals surface area (Å²) in [6, 6.07) is 8.75. The Morgan fingerprint density at radius 1 is 1.00 bits per heavy atom. The van der Waals surface area contributed by atoms with Gasteiger partial charge in [-0.05, 0) is 37.8 Å². The Hall–Kier alpha value is -0.456. The van der Waals surface area contributed by atoms with Crippen LogP contribution in [0.15, 0.2) is 35.4 Å². The van der Waals surface area contributed by atoms with Crippen molar-refractivity contribution in [3.63, 3.8) is 0 Å². The number of hydrogen-bond donors (Lipinski definition) is 0. The number of hydrogen-bond acceptors (Lipinski definition) is 0. The van der Waals surface area contributed by atoms with E-state index in [9.17, 15) is 0 Å². The SMILES string of the molecule is CC(C)=C1Cc2ccccc2C1.[CH3-].[V]. The Balaban J connectivity index is 0.000000845. The molecule has 0 N–H and O–H groups in total. The second-order valence-electron chi connectivity index (χ2n) is 3.73. The summed E-state index contributed by atoms with van der Waals surface area (Å²) in [7, 11) is 0. The molecule has 0 heterocycles. The minimum absolute atomic E-state index is 0. The van der Waals surface area contributed by atoms with Gasteiger partial charge in [0, 0.05) is 18.6 Å². The Kier molecular flexibility index (Phi) is 5.25. The molecular weight excluding hydrogens is 207 g/mol. The van der Waals surface area contributed by atoms with Crippen molar-refractivity contribution in [1.29, 1.82) is 0 Å². The second-order valence-corrected chi connectivity index (χ2v) is 3.73. The van der Waals surface area contributed by atoms with E-state index < -0.39 is 0 Å². The molecule has 0 aromatic heterocycles. The number of allylic oxidation sites excluding steroid dienone is 2. The molecule has 1 aromatic rings. The van der Waals surface area contributed by atoms with Crippen molar-refractivity contribution in [1.82, 2.24) is 0 Å². The van der Waals surface area contributed by atoms with Crippen LogP contribution in [0.5, 0.6) is 0 Å². The molecule has 14 heavy (non-hydrogen) atoms. The first-order valence-electron chi connectivity index (χ1n) is 4.49. The third kappa shape index (κ3) is 2.53. The molecule has 0 nitrogen and oxygen atoms in total. The fourth-order valence-electron chi connectivity index (χ4n) is 1.78. The minimum atomic E-state index is 0. The van der Waals surface area contributed by atoms with Gasteiger partial charge in [-0.1, -0.05) is 35.4 Å². The van der Waals surface area contributed by atoms with Gasteiger partial charge < -0.3 is 7.43 Å². The molecule has 1 radical (unpaired) electrons. The van der Waals surface area contributed by atoms with Crippen LogP contribution in [0.3, 0.4) is 0 Å². The van der Waals surface area contributed by atoms with Crippen LogP contribution < -0.4 is 0 Å². The topological polar surface area (TPSA) is 0 Å². The van der Waals surface area contributed by atoms with Crippen LogP contribution in [-0.2, 0) is 31.4 Å². The molecule has 0 aliphatic heterocycles. The van der Waals surface area contributed by atoms with Crippen LogP contribution in [0.25, 0.3) is 0 Å². The maximum Gasteiger partial charge on any atom is 0 e. The van der Waals surface area contributed by atoms with Crippen LogP contribution in [0.4, 0.5) is 0 Å². The standard InChI is InChI=1S/C12H14.CH3.V/c1-9(2)12-7-10-5-3-4-6-11(10)8-12;;/h3-6H,7-8H2,1-2H3;1H3;/q;-1;. The van der Waals surface area contributed by atoms with Gasteiger partial charge in [0.15, 0.2) is 0 Å². The number of fused-ring (bicyclic) bond motifs is 1. The zero-order valence-corrected chi connectivity index (χ0v) is 10.6. The molecule has 1 aliphatic carbocycles. The van der Waals surface area contributed by atoms with Crippen LogP contribution in [0.1, 0.15) is 25.0 Å². The predicted octanol–water partition coefficient (Wildman–Crippen LogP) is 3.57. The van der Waals surface area contributed by atoms with Gasteiger partial charge in [0.1, 0.15) is 0 Å². The zero-order valence-electron chi connectivity index (χ0n) is 9.17. The van der Waals surface area contributed by atoms with Gasteiger partial charge in [-0.15, -0.1) is 0 Å². The quantitative estimate of drug-likeness (QED) is 0.467. The summed E-state index contributed by atoms with van der Waals surface area (Å²) in [6.45, 7) is 4.42. The van der Waals surface area contributed by atoms with Crippen molar-refractivity contribution >= 4 is 0 Å². The third-order valence-corrected chi connectivity index (χ3v) is 2.63. The predicted molar refractivity (Wildman–Crippen MR) is 58.6 cm³/mol. The zero-order chi connectivity index (χ0) is 8.55. The van der Waals surface area contributed by atoms with E-state index in [0.717, 1.165) is 0 Å². The van der Waals surface area contributed by atoms with E-state index in [1.54, 1.807) is 5.57 Å². The molecule has 0 saturated heterocycles. The summed E-state index contributed by atoms with van der Waals surface area (Å²) in [5.41, 5.74) is 6.14. The van der Waals surface area contributed by atoms with Crippen LogP contribution >= 0.6 is 0 Å². The summed E-state index contributed by atoms with van der Waals surface area (Å²) in [6.07, 6.45) is 2.36. The Morgan fingerprint density at radius 2 is 1.43 bits per heavy atom. The summed E-state index contributed by atoms with van der Waals surface area (Å²) >= 11 is 0. The summed E-state index contributed by atoms with van der Waals surface area (Å²) in [4.78, 5) is 0. The molecule has 0 bridgehead atoms. The van der Waals surface area contributed by atoms with Crippen LogP contribution in [0, 0.1) is 7.43 Å². The van der Waals surface area contributed by atoms with Gasteiger partial charge in [-0.3, -0.25) is 0 Å². The molecular formula is C13H17V-. The van der Waals surface area contributed by atoms with E-state index in [4.69, 9.17) is 0 Å². The smallest absolute Gasteiger partial charge is 0 e. The van der Waals surface area contributed by atoms with Gasteiger partial charge in [-0.2, -0.15) is 0 Å². The molecule has 75 valence electrons. The first-order chi connectivity index (χ1) is 5.77. The molecule has 0 saturated carbocycles. The monoisotopic (exact) mass is 224 g/mol. The van der Waals surface area contributed by atoms with Crippen molar-refractivity contribution < 1.29 is 18.6 Å². The maximum absolute atomic E-state index is 2.24. The minimum Gasteiger partial charge on any atom is -0.358 e. The maximum atomic E-state index is 2.24. The molecule has 0 atom stereocenters. The molecule has 0 unspecified atom stereocenters. The molecule has 1 heteroatoms. The van der Waals surface area contributed by atoms with Crippen molar-refractivity contribution in [2.75, 3.05) is 0 Å². The van der Waals surface area contributed by atoms with Crippen LogP contribution in [-0.4, -0.2) is 0 Å². The Morgan fingerprint density at radius 3 is 1.79 bits per heavy atom. The van der Waals surface area contributed by atoms with Crippen molar-refractivity contribution in [2.45, 2.75) is 26.7 Å². The van der Waals surface area contributed by atoms with Crippen molar-refractivity contribution in [3.8, 4) is 0 Å². The molecule has 1 aromatic carbocycles. The Labute approximate surface area is 99.3 Å².